The first-order chi connectivity index (χ1) is 9.50. The Hall–Kier alpha value is -1.88. The SMILES string of the molecule is CN(c1ccc2cc(S(=O)(=O)O)cc(O)c2c1)S(=O)(=O)O. The zero-order valence-corrected chi connectivity index (χ0v) is 12.3. The molecule has 0 aliphatic heterocycles. The number of fused-ring (bicyclic) bond motifs is 1. The van der Waals surface area contributed by atoms with Gasteiger partial charge in [0.15, 0.2) is 0 Å². The third kappa shape index (κ3) is 3.08. The van der Waals surface area contributed by atoms with Gasteiger partial charge in [-0.1, -0.05) is 6.07 Å². The monoisotopic (exact) mass is 333 g/mol. The van der Waals surface area contributed by atoms with E-state index in [1.165, 1.54) is 18.2 Å². The molecule has 0 saturated carbocycles. The molecule has 10 heteroatoms. The molecule has 3 N–H and O–H groups in total. The van der Waals surface area contributed by atoms with E-state index in [0.29, 0.717) is 4.31 Å². The van der Waals surface area contributed by atoms with Crippen LogP contribution in [-0.2, 0) is 20.4 Å². The van der Waals surface area contributed by atoms with Gasteiger partial charge in [-0.15, -0.1) is 0 Å². The topological polar surface area (TPSA) is 132 Å². The van der Waals surface area contributed by atoms with Crippen LogP contribution >= 0.6 is 0 Å². The van der Waals surface area contributed by atoms with E-state index in [0.717, 1.165) is 19.2 Å². The molecular formula is C11H11NO7S2. The van der Waals surface area contributed by atoms with Crippen LogP contribution in [0.1, 0.15) is 0 Å². The smallest absolute Gasteiger partial charge is 0.359 e. The van der Waals surface area contributed by atoms with Gasteiger partial charge < -0.3 is 5.11 Å². The van der Waals surface area contributed by atoms with E-state index in [4.69, 9.17) is 9.11 Å². The quantitative estimate of drug-likeness (QED) is 0.715. The summed E-state index contributed by atoms with van der Waals surface area (Å²) in [6.07, 6.45) is 0. The van der Waals surface area contributed by atoms with Crippen LogP contribution in [0.5, 0.6) is 5.75 Å². The first-order valence-electron chi connectivity index (χ1n) is 5.46. The number of hydrogen-bond acceptors (Lipinski definition) is 5. The minimum Gasteiger partial charge on any atom is -0.507 e. The van der Waals surface area contributed by atoms with Crippen molar-refractivity contribution in [1.29, 1.82) is 0 Å². The van der Waals surface area contributed by atoms with Gasteiger partial charge in [0, 0.05) is 18.5 Å². The Kier molecular flexibility index (Phi) is 3.58. The van der Waals surface area contributed by atoms with Crippen molar-refractivity contribution < 1.29 is 31.0 Å². The fourth-order valence-electron chi connectivity index (χ4n) is 1.78. The van der Waals surface area contributed by atoms with E-state index in [1.807, 2.05) is 0 Å². The molecule has 21 heavy (non-hydrogen) atoms. The number of phenols is 1. The number of nitrogens with zero attached hydrogens (tertiary/aromatic N) is 1. The summed E-state index contributed by atoms with van der Waals surface area (Å²) in [5.74, 6) is -0.453. The predicted molar refractivity (Wildman–Crippen MR) is 75.4 cm³/mol. The van der Waals surface area contributed by atoms with Crippen LogP contribution in [-0.4, -0.2) is 38.1 Å². The van der Waals surface area contributed by atoms with Crippen molar-refractivity contribution in [3.63, 3.8) is 0 Å². The molecule has 0 unspecified atom stereocenters. The average molecular weight is 333 g/mol. The lowest BCUT2D eigenvalue weighted by atomic mass is 10.1. The van der Waals surface area contributed by atoms with Crippen LogP contribution in [0.3, 0.4) is 0 Å². The maximum Gasteiger partial charge on any atom is 0.359 e. The second kappa shape index (κ2) is 4.84. The van der Waals surface area contributed by atoms with Gasteiger partial charge in [0.1, 0.15) is 5.75 Å². The Bertz CT molecular complexity index is 919. The number of hydrogen-bond donors (Lipinski definition) is 3. The van der Waals surface area contributed by atoms with Crippen LogP contribution in [0, 0.1) is 0 Å². The van der Waals surface area contributed by atoms with Crippen molar-refractivity contribution in [2.45, 2.75) is 4.90 Å². The molecule has 0 aliphatic rings. The molecule has 2 aromatic rings. The lowest BCUT2D eigenvalue weighted by Gasteiger charge is -2.16. The third-order valence-electron chi connectivity index (χ3n) is 2.90. The van der Waals surface area contributed by atoms with Gasteiger partial charge in [-0.05, 0) is 23.6 Å². The zero-order valence-electron chi connectivity index (χ0n) is 10.6. The van der Waals surface area contributed by atoms with Crippen LogP contribution < -0.4 is 4.31 Å². The van der Waals surface area contributed by atoms with E-state index in [1.54, 1.807) is 0 Å². The molecule has 0 bridgehead atoms. The molecule has 0 heterocycles. The summed E-state index contributed by atoms with van der Waals surface area (Å²) in [5, 5.41) is 10.3. The van der Waals surface area contributed by atoms with E-state index in [-0.39, 0.29) is 16.5 Å². The molecule has 2 rings (SSSR count). The summed E-state index contributed by atoms with van der Waals surface area (Å²) in [5.41, 5.74) is 0.0694. The molecule has 0 aliphatic carbocycles. The molecule has 114 valence electrons. The van der Waals surface area contributed by atoms with Gasteiger partial charge in [0.05, 0.1) is 10.6 Å². The molecule has 0 spiro atoms. The van der Waals surface area contributed by atoms with Crippen molar-refractivity contribution >= 4 is 36.9 Å². The summed E-state index contributed by atoms with van der Waals surface area (Å²) < 4.78 is 62.7. The Labute approximate surface area is 120 Å². The summed E-state index contributed by atoms with van der Waals surface area (Å²) >= 11 is 0. The second-order valence-corrected chi connectivity index (χ2v) is 7.13. The number of rotatable bonds is 3. The van der Waals surface area contributed by atoms with Crippen molar-refractivity contribution in [3.05, 3.63) is 30.3 Å². The minimum absolute atomic E-state index is 0.0694. The number of anilines is 1. The highest BCUT2D eigenvalue weighted by atomic mass is 32.2. The number of benzene rings is 2. The van der Waals surface area contributed by atoms with E-state index in [9.17, 15) is 21.9 Å². The number of phenolic OH excluding ortho intramolecular Hbond substituents is 1. The van der Waals surface area contributed by atoms with E-state index < -0.39 is 31.1 Å². The average Bonchev–Trinajstić information content (AvgIpc) is 2.35. The van der Waals surface area contributed by atoms with Gasteiger partial charge >= 0.3 is 10.3 Å². The molecule has 0 amide bonds. The molecular weight excluding hydrogens is 322 g/mol. The predicted octanol–water partition coefficient (Wildman–Crippen LogP) is 1.03. The van der Waals surface area contributed by atoms with E-state index in [2.05, 4.69) is 0 Å². The first-order valence-corrected chi connectivity index (χ1v) is 8.29. The minimum atomic E-state index is -4.47. The standard InChI is InChI=1S/C11H11NO7S2/c1-12(21(17,18)19)8-3-2-7-4-9(20(14,15)16)6-11(13)10(7)5-8/h2-6,13H,1H3,(H,14,15,16)(H,17,18,19). The Morgan fingerprint density at radius 3 is 2.14 bits per heavy atom. The van der Waals surface area contributed by atoms with Gasteiger partial charge in [-0.2, -0.15) is 16.8 Å². The Balaban J connectivity index is 2.69. The van der Waals surface area contributed by atoms with Crippen molar-refractivity contribution in [2.75, 3.05) is 11.4 Å². The maximum absolute atomic E-state index is 11.1. The molecule has 2 aromatic carbocycles. The lowest BCUT2D eigenvalue weighted by molar-refractivity contribution is 0.471. The third-order valence-corrected chi connectivity index (χ3v) is 4.63. The van der Waals surface area contributed by atoms with Crippen LogP contribution in [0.4, 0.5) is 5.69 Å². The first kappa shape index (κ1) is 15.5. The maximum atomic E-state index is 11.1. The van der Waals surface area contributed by atoms with Gasteiger partial charge in [-0.3, -0.25) is 13.4 Å². The zero-order chi connectivity index (χ0) is 16.0. The number of aromatic hydroxyl groups is 1. The largest absolute Gasteiger partial charge is 0.507 e. The molecule has 0 radical (unpaired) electrons. The second-order valence-electron chi connectivity index (χ2n) is 4.27. The summed E-state index contributed by atoms with van der Waals surface area (Å²) in [7, 11) is -7.81. The van der Waals surface area contributed by atoms with Crippen molar-refractivity contribution in [3.8, 4) is 5.75 Å². The lowest BCUT2D eigenvalue weighted by Crippen LogP contribution is -2.25. The summed E-state index contributed by atoms with van der Waals surface area (Å²) in [4.78, 5) is -0.483. The highest BCUT2D eigenvalue weighted by Crippen LogP contribution is 2.32. The van der Waals surface area contributed by atoms with Crippen LogP contribution in [0.2, 0.25) is 0 Å². The summed E-state index contributed by atoms with van der Waals surface area (Å²) in [6, 6.07) is 5.88. The molecule has 8 nitrogen and oxygen atoms in total. The summed E-state index contributed by atoms with van der Waals surface area (Å²) in [6.45, 7) is 0. The molecule has 0 saturated heterocycles. The molecule has 0 fully saturated rings. The fraction of sp³-hybridized carbons (Fsp3) is 0.0909. The highest BCUT2D eigenvalue weighted by molar-refractivity contribution is 7.87. The van der Waals surface area contributed by atoms with Gasteiger partial charge in [0.2, 0.25) is 0 Å². The molecule has 0 atom stereocenters. The van der Waals surface area contributed by atoms with Gasteiger partial charge in [-0.25, -0.2) is 0 Å². The van der Waals surface area contributed by atoms with Crippen molar-refractivity contribution in [1.82, 2.24) is 0 Å². The fourth-order valence-corrected chi connectivity index (χ4v) is 2.69. The van der Waals surface area contributed by atoms with Crippen LogP contribution in [0.15, 0.2) is 35.2 Å². The Morgan fingerprint density at radius 2 is 1.62 bits per heavy atom. The van der Waals surface area contributed by atoms with Crippen LogP contribution in [0.25, 0.3) is 10.8 Å². The van der Waals surface area contributed by atoms with E-state index >= 15 is 0 Å². The molecule has 0 aromatic heterocycles. The Morgan fingerprint density at radius 1 is 1.00 bits per heavy atom. The van der Waals surface area contributed by atoms with Gasteiger partial charge in [0.25, 0.3) is 10.1 Å². The highest BCUT2D eigenvalue weighted by Gasteiger charge is 2.17. The van der Waals surface area contributed by atoms with Crippen molar-refractivity contribution in [2.24, 2.45) is 0 Å². The normalized spacial score (nSPS) is 12.5.